The van der Waals surface area contributed by atoms with Crippen molar-refractivity contribution in [3.8, 4) is 0 Å². The van der Waals surface area contributed by atoms with E-state index in [9.17, 15) is 9.59 Å². The molecule has 4 nitrogen and oxygen atoms in total. The van der Waals surface area contributed by atoms with Crippen molar-refractivity contribution >= 4 is 11.9 Å². The minimum atomic E-state index is -0.732. The van der Waals surface area contributed by atoms with Crippen LogP contribution in [-0.2, 0) is 19.1 Å². The highest BCUT2D eigenvalue weighted by atomic mass is 16.6. The van der Waals surface area contributed by atoms with Crippen molar-refractivity contribution in [1.82, 2.24) is 0 Å². The van der Waals surface area contributed by atoms with Crippen LogP contribution in [0.25, 0.3) is 0 Å². The molecule has 0 spiro atoms. The number of hydrogen-bond acceptors (Lipinski definition) is 4. The molecule has 0 N–H and O–H groups in total. The molecule has 0 aromatic heterocycles. The molecule has 13 heavy (non-hydrogen) atoms. The van der Waals surface area contributed by atoms with E-state index >= 15 is 0 Å². The van der Waals surface area contributed by atoms with Gasteiger partial charge < -0.3 is 9.47 Å². The molecule has 2 rings (SSSR count). The van der Waals surface area contributed by atoms with Crippen molar-refractivity contribution in [2.24, 2.45) is 5.92 Å². The van der Waals surface area contributed by atoms with E-state index in [0.717, 1.165) is 0 Å². The normalized spacial score (nSPS) is 37.3. The minimum absolute atomic E-state index is 0.239. The van der Waals surface area contributed by atoms with Gasteiger partial charge in [-0.3, -0.25) is 0 Å². The fraction of sp³-hybridized carbons (Fsp3) is 0.556. The van der Waals surface area contributed by atoms with E-state index in [-0.39, 0.29) is 12.0 Å². The summed E-state index contributed by atoms with van der Waals surface area (Å²) in [5, 5.41) is 0. The molecule has 2 aliphatic rings. The predicted molar refractivity (Wildman–Crippen MR) is 42.7 cm³/mol. The lowest BCUT2D eigenvalue weighted by Gasteiger charge is -2.11. The van der Waals surface area contributed by atoms with E-state index in [1.807, 2.05) is 6.92 Å². The van der Waals surface area contributed by atoms with Gasteiger partial charge >= 0.3 is 11.9 Å². The van der Waals surface area contributed by atoms with Crippen molar-refractivity contribution in [3.63, 3.8) is 0 Å². The van der Waals surface area contributed by atoms with Crippen molar-refractivity contribution in [1.29, 1.82) is 0 Å². The number of ether oxygens (including phenoxy) is 2. The van der Waals surface area contributed by atoms with E-state index in [1.165, 1.54) is 0 Å². The molecule has 2 aliphatic heterocycles. The third-order valence-corrected chi connectivity index (χ3v) is 2.53. The number of cyclic esters (lactones) is 1. The van der Waals surface area contributed by atoms with E-state index in [0.29, 0.717) is 12.0 Å². The highest BCUT2D eigenvalue weighted by Crippen LogP contribution is 2.38. The third kappa shape index (κ3) is 0.978. The predicted octanol–water partition coefficient (Wildman–Crippen LogP) is 0.420. The van der Waals surface area contributed by atoms with Gasteiger partial charge in [0.2, 0.25) is 6.10 Å². The Morgan fingerprint density at radius 2 is 2.08 bits per heavy atom. The largest absolute Gasteiger partial charge is 0.459 e. The van der Waals surface area contributed by atoms with Gasteiger partial charge in [-0.25, -0.2) is 9.59 Å². The Labute approximate surface area is 75.5 Å². The van der Waals surface area contributed by atoms with Crippen LogP contribution >= 0.6 is 0 Å². The quantitative estimate of drug-likeness (QED) is 0.435. The number of hydrogen-bond donors (Lipinski definition) is 0. The highest BCUT2D eigenvalue weighted by molar-refractivity contribution is 5.97. The van der Waals surface area contributed by atoms with Crippen LogP contribution in [0.4, 0.5) is 0 Å². The van der Waals surface area contributed by atoms with Crippen LogP contribution in [-0.4, -0.2) is 24.1 Å². The first-order valence-electron chi connectivity index (χ1n) is 4.25. The van der Waals surface area contributed by atoms with Crippen molar-refractivity contribution < 1.29 is 19.1 Å². The average molecular weight is 182 g/mol. The maximum absolute atomic E-state index is 11.2. The van der Waals surface area contributed by atoms with E-state index in [1.54, 1.807) is 0 Å². The van der Waals surface area contributed by atoms with Gasteiger partial charge in [-0.05, 0) is 6.42 Å². The smallest absolute Gasteiger partial charge is 0.348 e. The van der Waals surface area contributed by atoms with E-state index < -0.39 is 18.0 Å². The Morgan fingerprint density at radius 3 is 2.69 bits per heavy atom. The number of fused-ring (bicyclic) bond motifs is 1. The van der Waals surface area contributed by atoms with Crippen molar-refractivity contribution in [2.75, 3.05) is 0 Å². The lowest BCUT2D eigenvalue weighted by atomic mass is 9.92. The zero-order valence-corrected chi connectivity index (χ0v) is 7.28. The van der Waals surface area contributed by atoms with Crippen LogP contribution in [0.3, 0.4) is 0 Å². The monoisotopic (exact) mass is 182 g/mol. The molecule has 0 bridgehead atoms. The topological polar surface area (TPSA) is 52.6 Å². The Hall–Kier alpha value is -1.32. The van der Waals surface area contributed by atoms with Crippen LogP contribution in [0.15, 0.2) is 12.2 Å². The molecule has 2 heterocycles. The van der Waals surface area contributed by atoms with E-state index in [2.05, 4.69) is 6.58 Å². The second-order valence-corrected chi connectivity index (χ2v) is 3.26. The van der Waals surface area contributed by atoms with Gasteiger partial charge in [0.25, 0.3) is 0 Å². The van der Waals surface area contributed by atoms with E-state index in [4.69, 9.17) is 9.47 Å². The molecule has 0 aromatic carbocycles. The molecule has 2 saturated heterocycles. The maximum Gasteiger partial charge on any atom is 0.348 e. The fourth-order valence-electron chi connectivity index (χ4n) is 1.82. The molecule has 70 valence electrons. The number of carbonyl (C=O) groups excluding carboxylic acids is 2. The lowest BCUT2D eigenvalue weighted by Crippen LogP contribution is -2.21. The highest BCUT2D eigenvalue weighted by Gasteiger charge is 2.54. The van der Waals surface area contributed by atoms with Gasteiger partial charge in [0.05, 0.1) is 5.92 Å². The van der Waals surface area contributed by atoms with Gasteiger partial charge in [-0.15, -0.1) is 0 Å². The summed E-state index contributed by atoms with van der Waals surface area (Å²) in [5.74, 6) is -1.17. The van der Waals surface area contributed by atoms with Gasteiger partial charge in [-0.2, -0.15) is 0 Å². The summed E-state index contributed by atoms with van der Waals surface area (Å²) in [5.41, 5.74) is 0.364. The second kappa shape index (κ2) is 2.58. The molecule has 4 heteroatoms. The summed E-state index contributed by atoms with van der Waals surface area (Å²) in [6, 6.07) is 0. The Balaban J connectivity index is 2.31. The van der Waals surface area contributed by atoms with Crippen LogP contribution in [0.5, 0.6) is 0 Å². The van der Waals surface area contributed by atoms with Gasteiger partial charge in [0.1, 0.15) is 6.10 Å². The average Bonchev–Trinajstić information content (AvgIpc) is 2.55. The van der Waals surface area contributed by atoms with Gasteiger partial charge in [0, 0.05) is 5.57 Å². The summed E-state index contributed by atoms with van der Waals surface area (Å²) in [6.45, 7) is 5.50. The Bertz CT molecular complexity index is 294. The Kier molecular flexibility index (Phi) is 1.65. The molecular formula is C9H10O4. The second-order valence-electron chi connectivity index (χ2n) is 3.26. The van der Waals surface area contributed by atoms with Gasteiger partial charge in [-0.1, -0.05) is 13.5 Å². The van der Waals surface area contributed by atoms with Crippen LogP contribution in [0.2, 0.25) is 0 Å². The zero-order chi connectivity index (χ0) is 9.59. The lowest BCUT2D eigenvalue weighted by molar-refractivity contribution is -0.156. The SMILES string of the molecule is C=C1C(=O)OC2C(=O)OC(CC)C12. The molecular weight excluding hydrogens is 172 g/mol. The van der Waals surface area contributed by atoms with Crippen molar-refractivity contribution in [2.45, 2.75) is 25.6 Å². The first-order chi connectivity index (χ1) is 6.15. The first kappa shape index (κ1) is 8.29. The first-order valence-corrected chi connectivity index (χ1v) is 4.25. The molecule has 0 amide bonds. The maximum atomic E-state index is 11.2. The number of rotatable bonds is 1. The van der Waals surface area contributed by atoms with Gasteiger partial charge in [0.15, 0.2) is 0 Å². The summed E-state index contributed by atoms with van der Waals surface area (Å²) < 4.78 is 9.85. The standard InChI is InChI=1S/C9H10O4/c1-3-5-6-4(2)8(10)13-7(6)9(11)12-5/h5-7H,2-3H2,1H3. The summed E-state index contributed by atoms with van der Waals surface area (Å²) in [7, 11) is 0. The minimum Gasteiger partial charge on any atom is -0.459 e. The Morgan fingerprint density at radius 1 is 1.38 bits per heavy atom. The molecule has 2 fully saturated rings. The fourth-order valence-corrected chi connectivity index (χ4v) is 1.82. The summed E-state index contributed by atoms with van der Waals surface area (Å²) >= 11 is 0. The van der Waals surface area contributed by atoms with Crippen LogP contribution in [0.1, 0.15) is 13.3 Å². The third-order valence-electron chi connectivity index (χ3n) is 2.53. The van der Waals surface area contributed by atoms with Crippen LogP contribution < -0.4 is 0 Å². The molecule has 0 aliphatic carbocycles. The molecule has 3 unspecified atom stereocenters. The zero-order valence-electron chi connectivity index (χ0n) is 7.28. The molecule has 0 aromatic rings. The van der Waals surface area contributed by atoms with Crippen LogP contribution in [0, 0.1) is 5.92 Å². The molecule has 3 atom stereocenters. The summed E-state index contributed by atoms with van der Waals surface area (Å²) in [6.07, 6.45) is -0.288. The van der Waals surface area contributed by atoms with Crippen molar-refractivity contribution in [3.05, 3.63) is 12.2 Å². The molecule has 0 radical (unpaired) electrons. The number of esters is 2. The molecule has 0 saturated carbocycles. The number of carbonyl (C=O) groups is 2. The summed E-state index contributed by atoms with van der Waals surface area (Å²) in [4.78, 5) is 22.2.